The van der Waals surface area contributed by atoms with Gasteiger partial charge in [0.2, 0.25) is 5.91 Å². The monoisotopic (exact) mass is 363 g/mol. The lowest BCUT2D eigenvalue weighted by Crippen LogP contribution is -2.39. The highest BCUT2D eigenvalue weighted by atomic mass is 16.2. The minimum absolute atomic E-state index is 0.402. The molecule has 0 aromatic rings. The number of allylic oxidation sites excluding steroid dienone is 2. The molecular weight excluding hydrogens is 318 g/mol. The van der Waals surface area contributed by atoms with Crippen molar-refractivity contribution in [2.45, 2.75) is 123 Å². The summed E-state index contributed by atoms with van der Waals surface area (Å²) in [6, 6.07) is 0.447. The van der Waals surface area contributed by atoms with Crippen molar-refractivity contribution in [3.8, 4) is 0 Å². The summed E-state index contributed by atoms with van der Waals surface area (Å²) in [6.45, 7) is 7.76. The third kappa shape index (κ3) is 11.0. The van der Waals surface area contributed by atoms with Crippen molar-refractivity contribution in [2.75, 3.05) is 6.54 Å². The highest BCUT2D eigenvalue weighted by Gasteiger charge is 2.24. The molecule has 152 valence electrons. The fourth-order valence-corrected chi connectivity index (χ4v) is 4.01. The first-order chi connectivity index (χ1) is 12.6. The number of unbranched alkanes of at least 4 members (excludes halogenated alkanes) is 9. The maximum absolute atomic E-state index is 12.5. The Bertz CT molecular complexity index is 376. The van der Waals surface area contributed by atoms with E-state index in [1.165, 1.54) is 83.5 Å². The lowest BCUT2D eigenvalue weighted by molar-refractivity contribution is -0.133. The maximum Gasteiger partial charge on any atom is 0.222 e. The Balaban J connectivity index is 1.97. The molecule has 2 heteroatoms. The zero-order valence-electron chi connectivity index (χ0n) is 18.0. The Morgan fingerprint density at radius 1 is 0.885 bits per heavy atom. The van der Waals surface area contributed by atoms with Crippen LogP contribution in [0.15, 0.2) is 12.2 Å². The Morgan fingerprint density at radius 3 is 2.19 bits per heavy atom. The van der Waals surface area contributed by atoms with E-state index in [0.717, 1.165) is 19.4 Å². The van der Waals surface area contributed by atoms with E-state index in [2.05, 4.69) is 37.8 Å². The summed E-state index contributed by atoms with van der Waals surface area (Å²) in [5, 5.41) is 0. The largest absolute Gasteiger partial charge is 0.340 e. The molecule has 0 spiro atoms. The van der Waals surface area contributed by atoms with Crippen molar-refractivity contribution in [3.05, 3.63) is 12.2 Å². The minimum atomic E-state index is 0.402. The molecule has 0 N–H and O–H groups in total. The summed E-state index contributed by atoms with van der Waals surface area (Å²) in [5.74, 6) is 1.07. The van der Waals surface area contributed by atoms with E-state index in [1.807, 2.05) is 0 Å². The van der Waals surface area contributed by atoms with Crippen LogP contribution in [0.5, 0.6) is 0 Å². The Morgan fingerprint density at radius 2 is 1.50 bits per heavy atom. The zero-order chi connectivity index (χ0) is 19.0. The molecule has 1 heterocycles. The first kappa shape index (κ1) is 23.2. The minimum Gasteiger partial charge on any atom is -0.340 e. The third-order valence-electron chi connectivity index (χ3n) is 5.83. The van der Waals surface area contributed by atoms with Crippen molar-refractivity contribution >= 4 is 5.91 Å². The number of carbonyl (C=O) groups excluding carboxylic acids is 1. The predicted molar refractivity (Wildman–Crippen MR) is 114 cm³/mol. The second kappa shape index (κ2) is 15.3. The summed E-state index contributed by atoms with van der Waals surface area (Å²) in [6.07, 6.45) is 23.4. The van der Waals surface area contributed by atoms with Crippen LogP contribution >= 0.6 is 0 Å². The predicted octanol–water partition coefficient (Wildman–Crippen LogP) is 7.28. The molecule has 1 aliphatic heterocycles. The van der Waals surface area contributed by atoms with Gasteiger partial charge in [0, 0.05) is 19.0 Å². The Labute approximate surface area is 163 Å². The third-order valence-corrected chi connectivity index (χ3v) is 5.83. The van der Waals surface area contributed by atoms with Gasteiger partial charge in [0.15, 0.2) is 0 Å². The van der Waals surface area contributed by atoms with Gasteiger partial charge in [-0.05, 0) is 57.8 Å². The van der Waals surface area contributed by atoms with Crippen molar-refractivity contribution in [2.24, 2.45) is 5.92 Å². The van der Waals surface area contributed by atoms with Crippen LogP contribution in [0.2, 0.25) is 0 Å². The Hall–Kier alpha value is -0.790. The second-order valence-corrected chi connectivity index (χ2v) is 8.56. The van der Waals surface area contributed by atoms with Gasteiger partial charge in [-0.1, -0.05) is 70.9 Å². The molecule has 1 saturated heterocycles. The molecule has 0 aliphatic carbocycles. The van der Waals surface area contributed by atoms with E-state index in [4.69, 9.17) is 0 Å². The van der Waals surface area contributed by atoms with Gasteiger partial charge < -0.3 is 4.90 Å². The summed E-state index contributed by atoms with van der Waals surface area (Å²) in [7, 11) is 0. The normalized spacial score (nSPS) is 21.3. The van der Waals surface area contributed by atoms with Crippen LogP contribution in [-0.2, 0) is 4.79 Å². The first-order valence-corrected chi connectivity index (χ1v) is 11.6. The lowest BCUT2D eigenvalue weighted by atomic mass is 10.1. The standard InChI is InChI=1S/C24H45NO/c1-4-5-6-7-8-9-10-11-12-13-14-15-16-20-24(26)25-21-22(2)18-17-19-23(25)3/h8-9,22-23H,4-7,10-21H2,1-3H3/b9-8+. The molecule has 2 unspecified atom stereocenters. The summed E-state index contributed by atoms with van der Waals surface area (Å²) >= 11 is 0. The number of carbonyl (C=O) groups is 1. The fraction of sp³-hybridized carbons (Fsp3) is 0.875. The van der Waals surface area contributed by atoms with Crippen molar-refractivity contribution in [1.29, 1.82) is 0 Å². The highest BCUT2D eigenvalue weighted by Crippen LogP contribution is 2.22. The molecule has 2 nitrogen and oxygen atoms in total. The van der Waals surface area contributed by atoms with E-state index in [1.54, 1.807) is 0 Å². The average Bonchev–Trinajstić information content (AvgIpc) is 2.79. The molecule has 2 atom stereocenters. The van der Waals surface area contributed by atoms with Gasteiger partial charge in [0.05, 0.1) is 0 Å². The topological polar surface area (TPSA) is 20.3 Å². The zero-order valence-corrected chi connectivity index (χ0v) is 18.0. The summed E-state index contributed by atoms with van der Waals surface area (Å²) in [4.78, 5) is 14.7. The summed E-state index contributed by atoms with van der Waals surface area (Å²) in [5.41, 5.74) is 0. The first-order valence-electron chi connectivity index (χ1n) is 11.6. The molecule has 0 aromatic heterocycles. The molecule has 0 aromatic carbocycles. The van der Waals surface area contributed by atoms with Gasteiger partial charge in [-0.15, -0.1) is 0 Å². The molecule has 1 aliphatic rings. The number of hydrogen-bond acceptors (Lipinski definition) is 1. The van der Waals surface area contributed by atoms with Gasteiger partial charge >= 0.3 is 0 Å². The van der Waals surface area contributed by atoms with Gasteiger partial charge in [-0.25, -0.2) is 0 Å². The van der Waals surface area contributed by atoms with Crippen LogP contribution in [0.4, 0.5) is 0 Å². The SMILES string of the molecule is CCCCC/C=C/CCCCCCCCC(=O)N1CC(C)CCCC1C. The molecule has 0 saturated carbocycles. The van der Waals surface area contributed by atoms with Gasteiger partial charge in [0.25, 0.3) is 0 Å². The van der Waals surface area contributed by atoms with E-state index >= 15 is 0 Å². The molecular formula is C24H45NO. The van der Waals surface area contributed by atoms with Crippen molar-refractivity contribution in [1.82, 2.24) is 4.90 Å². The molecule has 1 amide bonds. The van der Waals surface area contributed by atoms with Gasteiger partial charge in [-0.3, -0.25) is 4.79 Å². The van der Waals surface area contributed by atoms with Crippen LogP contribution < -0.4 is 0 Å². The highest BCUT2D eigenvalue weighted by molar-refractivity contribution is 5.76. The second-order valence-electron chi connectivity index (χ2n) is 8.56. The van der Waals surface area contributed by atoms with Crippen LogP contribution in [0.3, 0.4) is 0 Å². The molecule has 0 bridgehead atoms. The quantitative estimate of drug-likeness (QED) is 0.249. The van der Waals surface area contributed by atoms with Crippen LogP contribution in [-0.4, -0.2) is 23.4 Å². The Kier molecular flexibility index (Phi) is 13.7. The molecule has 26 heavy (non-hydrogen) atoms. The number of rotatable bonds is 13. The van der Waals surface area contributed by atoms with Gasteiger partial charge in [0.1, 0.15) is 0 Å². The van der Waals surface area contributed by atoms with E-state index < -0.39 is 0 Å². The molecule has 0 radical (unpaired) electrons. The van der Waals surface area contributed by atoms with Crippen LogP contribution in [0.1, 0.15) is 117 Å². The molecule has 1 fully saturated rings. The van der Waals surface area contributed by atoms with Crippen molar-refractivity contribution in [3.63, 3.8) is 0 Å². The average molecular weight is 364 g/mol. The maximum atomic E-state index is 12.5. The van der Waals surface area contributed by atoms with Crippen LogP contribution in [0, 0.1) is 5.92 Å². The number of amides is 1. The van der Waals surface area contributed by atoms with Crippen LogP contribution in [0.25, 0.3) is 0 Å². The number of hydrogen-bond donors (Lipinski definition) is 0. The van der Waals surface area contributed by atoms with Gasteiger partial charge in [-0.2, -0.15) is 0 Å². The summed E-state index contributed by atoms with van der Waals surface area (Å²) < 4.78 is 0. The van der Waals surface area contributed by atoms with E-state index in [-0.39, 0.29) is 0 Å². The number of likely N-dealkylation sites (tertiary alicyclic amines) is 1. The number of nitrogens with zero attached hydrogens (tertiary/aromatic N) is 1. The van der Waals surface area contributed by atoms with Crippen molar-refractivity contribution < 1.29 is 4.79 Å². The lowest BCUT2D eigenvalue weighted by Gasteiger charge is -2.28. The van der Waals surface area contributed by atoms with E-state index in [0.29, 0.717) is 17.9 Å². The smallest absolute Gasteiger partial charge is 0.222 e. The molecule has 1 rings (SSSR count). The van der Waals surface area contributed by atoms with E-state index in [9.17, 15) is 4.79 Å². The fourth-order valence-electron chi connectivity index (χ4n) is 4.01.